The molecule has 0 aliphatic carbocycles. The highest BCUT2D eigenvalue weighted by molar-refractivity contribution is 7.91. The van der Waals surface area contributed by atoms with Crippen molar-refractivity contribution in [1.29, 1.82) is 0 Å². The van der Waals surface area contributed by atoms with Crippen molar-refractivity contribution < 1.29 is 18.0 Å². The van der Waals surface area contributed by atoms with E-state index in [0.717, 1.165) is 22.4 Å². The van der Waals surface area contributed by atoms with Gasteiger partial charge >= 0.3 is 0 Å². The van der Waals surface area contributed by atoms with Crippen molar-refractivity contribution in [3.05, 3.63) is 58.7 Å². The van der Waals surface area contributed by atoms with Gasteiger partial charge in [0.1, 0.15) is 0 Å². The molecule has 0 unspecified atom stereocenters. The van der Waals surface area contributed by atoms with E-state index in [2.05, 4.69) is 10.6 Å². The standard InChI is InChI=1S/C20H24N2O4S/c1-5-27(25,26)17-8-6-16(7-9-17)20(24)21-12-18(23)22-19-14(3)10-13(2)11-15(19)4/h6-11H,5,12H2,1-4H3,(H,21,24)(H,22,23). The van der Waals surface area contributed by atoms with Crippen LogP contribution < -0.4 is 10.6 Å². The third kappa shape index (κ3) is 5.17. The number of anilines is 1. The molecule has 0 fully saturated rings. The van der Waals surface area contributed by atoms with Crippen LogP contribution in [0.1, 0.15) is 34.0 Å². The molecule has 7 heteroatoms. The fourth-order valence-corrected chi connectivity index (χ4v) is 3.69. The van der Waals surface area contributed by atoms with E-state index >= 15 is 0 Å². The van der Waals surface area contributed by atoms with E-state index in [4.69, 9.17) is 0 Å². The highest BCUT2D eigenvalue weighted by atomic mass is 32.2. The fraction of sp³-hybridized carbons (Fsp3) is 0.300. The lowest BCUT2D eigenvalue weighted by molar-refractivity contribution is -0.115. The van der Waals surface area contributed by atoms with E-state index < -0.39 is 15.7 Å². The summed E-state index contributed by atoms with van der Waals surface area (Å²) in [5.74, 6) is -0.775. The van der Waals surface area contributed by atoms with Crippen molar-refractivity contribution in [3.63, 3.8) is 0 Å². The van der Waals surface area contributed by atoms with Gasteiger partial charge in [0, 0.05) is 11.3 Å². The molecule has 0 aliphatic heterocycles. The molecule has 0 heterocycles. The topological polar surface area (TPSA) is 92.3 Å². The van der Waals surface area contributed by atoms with Crippen LogP contribution in [-0.4, -0.2) is 32.5 Å². The predicted octanol–water partition coefficient (Wildman–Crippen LogP) is 2.77. The van der Waals surface area contributed by atoms with Gasteiger partial charge in [-0.05, 0) is 56.2 Å². The van der Waals surface area contributed by atoms with E-state index in [1.165, 1.54) is 24.3 Å². The molecule has 144 valence electrons. The van der Waals surface area contributed by atoms with Crippen molar-refractivity contribution in [2.75, 3.05) is 17.6 Å². The number of benzene rings is 2. The lowest BCUT2D eigenvalue weighted by Crippen LogP contribution is -2.33. The van der Waals surface area contributed by atoms with Crippen LogP contribution in [0.3, 0.4) is 0 Å². The highest BCUT2D eigenvalue weighted by Crippen LogP contribution is 2.21. The molecular weight excluding hydrogens is 364 g/mol. The van der Waals surface area contributed by atoms with Gasteiger partial charge in [-0.1, -0.05) is 24.6 Å². The van der Waals surface area contributed by atoms with Crippen molar-refractivity contribution in [2.45, 2.75) is 32.6 Å². The van der Waals surface area contributed by atoms with Crippen LogP contribution >= 0.6 is 0 Å². The molecule has 6 nitrogen and oxygen atoms in total. The zero-order valence-corrected chi connectivity index (χ0v) is 16.7. The maximum absolute atomic E-state index is 12.2. The van der Waals surface area contributed by atoms with E-state index in [1.807, 2.05) is 32.9 Å². The quantitative estimate of drug-likeness (QED) is 0.796. The third-order valence-electron chi connectivity index (χ3n) is 4.21. The number of carbonyl (C=O) groups excluding carboxylic acids is 2. The van der Waals surface area contributed by atoms with Crippen LogP contribution in [-0.2, 0) is 14.6 Å². The number of carbonyl (C=O) groups is 2. The fourth-order valence-electron chi connectivity index (χ4n) is 2.80. The maximum atomic E-state index is 12.2. The summed E-state index contributed by atoms with van der Waals surface area (Å²) in [6.07, 6.45) is 0. The monoisotopic (exact) mass is 388 g/mol. The van der Waals surface area contributed by atoms with Gasteiger partial charge < -0.3 is 10.6 Å². The Hall–Kier alpha value is -2.67. The zero-order chi connectivity index (χ0) is 20.2. The summed E-state index contributed by atoms with van der Waals surface area (Å²) in [6, 6.07) is 9.62. The van der Waals surface area contributed by atoms with Crippen LogP contribution in [0, 0.1) is 20.8 Å². The smallest absolute Gasteiger partial charge is 0.251 e. The van der Waals surface area contributed by atoms with Gasteiger partial charge in [-0.2, -0.15) is 0 Å². The summed E-state index contributed by atoms with van der Waals surface area (Å²) in [5.41, 5.74) is 4.07. The van der Waals surface area contributed by atoms with Crippen LogP contribution in [0.15, 0.2) is 41.3 Å². The first kappa shape index (κ1) is 20.6. The Morgan fingerprint density at radius 3 is 2.04 bits per heavy atom. The molecule has 0 aromatic heterocycles. The van der Waals surface area contributed by atoms with Crippen molar-refractivity contribution in [3.8, 4) is 0 Å². The SMILES string of the molecule is CCS(=O)(=O)c1ccc(C(=O)NCC(=O)Nc2c(C)cc(C)cc2C)cc1. The molecule has 0 radical (unpaired) electrons. The van der Waals surface area contributed by atoms with E-state index in [9.17, 15) is 18.0 Å². The molecule has 2 aromatic carbocycles. The normalized spacial score (nSPS) is 11.1. The lowest BCUT2D eigenvalue weighted by Gasteiger charge is -2.13. The van der Waals surface area contributed by atoms with Crippen LogP contribution in [0.2, 0.25) is 0 Å². The number of hydrogen-bond acceptors (Lipinski definition) is 4. The Morgan fingerprint density at radius 2 is 1.52 bits per heavy atom. The molecule has 0 bridgehead atoms. The highest BCUT2D eigenvalue weighted by Gasteiger charge is 2.14. The molecule has 0 saturated heterocycles. The van der Waals surface area contributed by atoms with Crippen molar-refractivity contribution in [2.24, 2.45) is 0 Å². The summed E-state index contributed by atoms with van der Waals surface area (Å²) >= 11 is 0. The Labute approximate surface area is 159 Å². The van der Waals surface area contributed by atoms with Crippen LogP contribution in [0.5, 0.6) is 0 Å². The second kappa shape index (κ2) is 8.35. The first-order valence-corrected chi connectivity index (χ1v) is 10.3. The molecule has 2 amide bonds. The largest absolute Gasteiger partial charge is 0.343 e. The minimum absolute atomic E-state index is 0.00341. The minimum atomic E-state index is -3.31. The summed E-state index contributed by atoms with van der Waals surface area (Å²) in [6.45, 7) is 7.20. The molecule has 0 spiro atoms. The third-order valence-corrected chi connectivity index (χ3v) is 5.96. The first-order valence-electron chi connectivity index (χ1n) is 8.62. The average Bonchev–Trinajstić information content (AvgIpc) is 2.62. The summed E-state index contributed by atoms with van der Waals surface area (Å²) in [7, 11) is -3.31. The molecule has 2 aromatic rings. The minimum Gasteiger partial charge on any atom is -0.343 e. The number of sulfone groups is 1. The van der Waals surface area contributed by atoms with Gasteiger partial charge in [-0.3, -0.25) is 9.59 Å². The second-order valence-corrected chi connectivity index (χ2v) is 8.71. The van der Waals surface area contributed by atoms with Gasteiger partial charge in [-0.25, -0.2) is 8.42 Å². The summed E-state index contributed by atoms with van der Waals surface area (Å²) < 4.78 is 23.6. The Kier molecular flexibility index (Phi) is 6.38. The van der Waals surface area contributed by atoms with Gasteiger partial charge in [0.2, 0.25) is 5.91 Å². The van der Waals surface area contributed by atoms with Crippen molar-refractivity contribution >= 4 is 27.3 Å². The van der Waals surface area contributed by atoms with Crippen LogP contribution in [0.25, 0.3) is 0 Å². The molecule has 0 atom stereocenters. The molecule has 2 N–H and O–H groups in total. The van der Waals surface area contributed by atoms with Gasteiger partial charge in [-0.15, -0.1) is 0 Å². The number of nitrogens with one attached hydrogen (secondary N) is 2. The number of rotatable bonds is 6. The van der Waals surface area contributed by atoms with Gasteiger partial charge in [0.05, 0.1) is 17.2 Å². The molecular formula is C20H24N2O4S. The zero-order valence-electron chi connectivity index (χ0n) is 15.9. The molecule has 2 rings (SSSR count). The first-order chi connectivity index (χ1) is 12.6. The predicted molar refractivity (Wildman–Crippen MR) is 106 cm³/mol. The molecule has 0 saturated carbocycles. The van der Waals surface area contributed by atoms with Crippen LogP contribution in [0.4, 0.5) is 5.69 Å². The molecule has 27 heavy (non-hydrogen) atoms. The Bertz CT molecular complexity index is 941. The average molecular weight is 388 g/mol. The summed E-state index contributed by atoms with van der Waals surface area (Å²) in [5, 5.41) is 5.36. The number of hydrogen-bond donors (Lipinski definition) is 2. The number of aryl methyl sites for hydroxylation is 3. The van der Waals surface area contributed by atoms with Gasteiger partial charge in [0.15, 0.2) is 9.84 Å². The number of amides is 2. The Balaban J connectivity index is 1.98. The molecule has 0 aliphatic rings. The lowest BCUT2D eigenvalue weighted by atomic mass is 10.1. The van der Waals surface area contributed by atoms with Crippen molar-refractivity contribution in [1.82, 2.24) is 5.32 Å². The summed E-state index contributed by atoms with van der Waals surface area (Å²) in [4.78, 5) is 24.5. The van der Waals surface area contributed by atoms with E-state index in [1.54, 1.807) is 6.92 Å². The van der Waals surface area contributed by atoms with Gasteiger partial charge in [0.25, 0.3) is 5.91 Å². The second-order valence-electron chi connectivity index (χ2n) is 6.43. The van der Waals surface area contributed by atoms with E-state index in [0.29, 0.717) is 5.56 Å². The van der Waals surface area contributed by atoms with E-state index in [-0.39, 0.29) is 23.1 Å². The Morgan fingerprint density at radius 1 is 0.963 bits per heavy atom. The maximum Gasteiger partial charge on any atom is 0.251 e.